The van der Waals surface area contributed by atoms with Gasteiger partial charge in [0, 0.05) is 26.9 Å². The van der Waals surface area contributed by atoms with E-state index >= 15 is 0 Å². The van der Waals surface area contributed by atoms with Crippen LogP contribution in [-0.2, 0) is 9.59 Å². The predicted octanol–water partition coefficient (Wildman–Crippen LogP) is 8.78. The summed E-state index contributed by atoms with van der Waals surface area (Å²) >= 11 is 8.62. The number of rotatable bonds is 12. The number of halogens is 1. The molecule has 0 aliphatic heterocycles. The van der Waals surface area contributed by atoms with Crippen LogP contribution in [0.4, 0.5) is 0 Å². The van der Waals surface area contributed by atoms with E-state index in [4.69, 9.17) is 16.7 Å². The van der Waals surface area contributed by atoms with Crippen LogP contribution in [0.25, 0.3) is 21.1 Å². The topological polar surface area (TPSA) is 159 Å². The number of hydrogen-bond acceptors (Lipinski definition) is 8. The molecule has 2 atom stereocenters. The lowest BCUT2D eigenvalue weighted by molar-refractivity contribution is -0.138. The summed E-state index contributed by atoms with van der Waals surface area (Å²) in [4.78, 5) is 56.4. The van der Waals surface area contributed by atoms with E-state index in [9.17, 15) is 24.3 Å². The predicted molar refractivity (Wildman–Crippen MR) is 207 cm³/mol. The Morgan fingerprint density at radius 2 is 1.15 bits per heavy atom. The standard InChI is InChI=1S/C21H20N2O3S.C19H15ClN2O3S/c1-13-7-3-5-9-15(13)17(11-19(24)25)22-20(26)18-12-27-21(23-18)16-10-6-4-8-14(16)2;20-14-8-6-13(7-9-14)19-22-16(11-26-19)18(25)21-15(10-17(23)24)12-4-2-1-3-5-12/h3-10,12,17H,11H2,1-2H3,(H,22,26)(H,24,25);1-9,11,15H,10H2,(H,21,25)(H,23,24)/t17-;15-/m00/s1. The summed E-state index contributed by atoms with van der Waals surface area (Å²) < 4.78 is 0. The minimum absolute atomic E-state index is 0.189. The van der Waals surface area contributed by atoms with E-state index in [0.717, 1.165) is 38.4 Å². The average molecular weight is 767 g/mol. The van der Waals surface area contributed by atoms with E-state index < -0.39 is 29.9 Å². The Bertz CT molecular complexity index is 2200. The number of amides is 2. The summed E-state index contributed by atoms with van der Waals surface area (Å²) in [6.07, 6.45) is -0.394. The van der Waals surface area contributed by atoms with Gasteiger partial charge in [0.25, 0.3) is 11.8 Å². The van der Waals surface area contributed by atoms with Gasteiger partial charge in [-0.05, 0) is 48.2 Å². The largest absolute Gasteiger partial charge is 0.481 e. The Hall–Kier alpha value is -5.69. The minimum Gasteiger partial charge on any atom is -0.481 e. The number of carboxylic acids is 2. The van der Waals surface area contributed by atoms with Gasteiger partial charge in [0.05, 0.1) is 24.9 Å². The third kappa shape index (κ3) is 10.7. The van der Waals surface area contributed by atoms with Gasteiger partial charge in [0.15, 0.2) is 0 Å². The first kappa shape index (κ1) is 38.5. The molecule has 270 valence electrons. The number of hydrogen-bond donors (Lipinski definition) is 4. The van der Waals surface area contributed by atoms with Crippen molar-refractivity contribution in [2.45, 2.75) is 38.8 Å². The molecule has 13 heteroatoms. The Balaban J connectivity index is 0.000000204. The number of nitrogens with zero attached hydrogens (tertiary/aromatic N) is 2. The zero-order valence-corrected chi connectivity index (χ0v) is 31.0. The van der Waals surface area contributed by atoms with Crippen molar-refractivity contribution in [3.63, 3.8) is 0 Å². The first-order valence-electron chi connectivity index (χ1n) is 16.4. The number of aliphatic carboxylic acids is 2. The molecule has 2 amide bonds. The molecule has 0 spiro atoms. The van der Waals surface area contributed by atoms with Crippen molar-refractivity contribution < 1.29 is 29.4 Å². The molecule has 0 aliphatic carbocycles. The van der Waals surface area contributed by atoms with Crippen LogP contribution in [0, 0.1) is 13.8 Å². The van der Waals surface area contributed by atoms with Crippen molar-refractivity contribution in [2.75, 3.05) is 0 Å². The van der Waals surface area contributed by atoms with Crippen LogP contribution in [0.15, 0.2) is 114 Å². The fourth-order valence-corrected chi connectivity index (χ4v) is 7.21. The first-order chi connectivity index (χ1) is 25.5. The number of carbonyl (C=O) groups is 4. The zero-order valence-electron chi connectivity index (χ0n) is 28.7. The van der Waals surface area contributed by atoms with Gasteiger partial charge >= 0.3 is 11.9 Å². The lowest BCUT2D eigenvalue weighted by Gasteiger charge is -2.18. The molecule has 0 saturated carbocycles. The smallest absolute Gasteiger partial charge is 0.305 e. The monoisotopic (exact) mass is 766 g/mol. The van der Waals surface area contributed by atoms with Crippen LogP contribution in [-0.4, -0.2) is 43.9 Å². The van der Waals surface area contributed by atoms with Gasteiger partial charge < -0.3 is 20.8 Å². The third-order valence-corrected chi connectivity index (χ3v) is 10.1. The van der Waals surface area contributed by atoms with Crippen molar-refractivity contribution in [3.05, 3.63) is 153 Å². The second-order valence-corrected chi connectivity index (χ2v) is 14.1. The van der Waals surface area contributed by atoms with Crippen LogP contribution < -0.4 is 10.6 Å². The molecule has 4 aromatic carbocycles. The molecule has 6 aromatic rings. The van der Waals surface area contributed by atoms with Crippen LogP contribution >= 0.6 is 34.3 Å². The minimum atomic E-state index is -0.987. The normalized spacial score (nSPS) is 11.8. The second kappa shape index (κ2) is 18.2. The molecule has 0 saturated heterocycles. The van der Waals surface area contributed by atoms with Gasteiger partial charge in [-0.1, -0.05) is 103 Å². The molecule has 53 heavy (non-hydrogen) atoms. The summed E-state index contributed by atoms with van der Waals surface area (Å²) in [6, 6.07) is 30.3. The van der Waals surface area contributed by atoms with Crippen LogP contribution in [0.2, 0.25) is 5.02 Å². The van der Waals surface area contributed by atoms with Gasteiger partial charge in [0.2, 0.25) is 0 Å². The summed E-state index contributed by atoms with van der Waals surface area (Å²) in [5.41, 5.74) is 5.95. The highest BCUT2D eigenvalue weighted by molar-refractivity contribution is 7.13. The molecule has 0 aliphatic rings. The summed E-state index contributed by atoms with van der Waals surface area (Å²) in [5.74, 6) is -2.74. The second-order valence-electron chi connectivity index (χ2n) is 11.9. The maximum atomic E-state index is 12.7. The number of thiazole rings is 2. The number of carboxylic acid groups (broad SMARTS) is 2. The molecular weight excluding hydrogens is 732 g/mol. The van der Waals surface area contributed by atoms with Crippen molar-refractivity contribution in [2.24, 2.45) is 0 Å². The van der Waals surface area contributed by atoms with Gasteiger partial charge in [-0.25, -0.2) is 9.97 Å². The fraction of sp³-hybridized carbons (Fsp3) is 0.150. The van der Waals surface area contributed by atoms with E-state index in [2.05, 4.69) is 20.6 Å². The highest BCUT2D eigenvalue weighted by Gasteiger charge is 2.23. The van der Waals surface area contributed by atoms with Gasteiger partial charge in [-0.3, -0.25) is 19.2 Å². The van der Waals surface area contributed by atoms with Crippen LogP contribution in [0.1, 0.15) is 68.2 Å². The number of aromatic nitrogens is 2. The summed E-state index contributed by atoms with van der Waals surface area (Å²) in [5, 5.41) is 29.4. The molecule has 6 rings (SSSR count). The van der Waals surface area contributed by atoms with E-state index in [1.54, 1.807) is 47.2 Å². The van der Waals surface area contributed by atoms with Gasteiger partial charge in [0.1, 0.15) is 21.4 Å². The van der Waals surface area contributed by atoms with E-state index in [0.29, 0.717) is 15.7 Å². The van der Waals surface area contributed by atoms with Crippen molar-refractivity contribution in [1.29, 1.82) is 0 Å². The average Bonchev–Trinajstić information content (AvgIpc) is 3.84. The number of aryl methyl sites for hydroxylation is 2. The Labute approximate surface area is 319 Å². The van der Waals surface area contributed by atoms with E-state index in [1.165, 1.54) is 22.7 Å². The van der Waals surface area contributed by atoms with Crippen molar-refractivity contribution in [1.82, 2.24) is 20.6 Å². The van der Waals surface area contributed by atoms with Crippen LogP contribution in [0.5, 0.6) is 0 Å². The first-order valence-corrected chi connectivity index (χ1v) is 18.5. The highest BCUT2D eigenvalue weighted by atomic mass is 35.5. The Kier molecular flexibility index (Phi) is 13.2. The fourth-order valence-electron chi connectivity index (χ4n) is 5.39. The molecule has 4 N–H and O–H groups in total. The van der Waals surface area contributed by atoms with Gasteiger partial charge in [-0.2, -0.15) is 0 Å². The summed E-state index contributed by atoms with van der Waals surface area (Å²) in [6.45, 7) is 3.90. The molecule has 2 heterocycles. The molecular formula is C40H35ClN4O6S2. The third-order valence-electron chi connectivity index (χ3n) is 8.07. The molecule has 0 bridgehead atoms. The lowest BCUT2D eigenvalue weighted by atomic mass is 9.98. The molecule has 10 nitrogen and oxygen atoms in total. The zero-order chi connectivity index (χ0) is 37.9. The Morgan fingerprint density at radius 3 is 1.75 bits per heavy atom. The maximum absolute atomic E-state index is 12.7. The van der Waals surface area contributed by atoms with Crippen LogP contribution in [0.3, 0.4) is 0 Å². The molecule has 0 unspecified atom stereocenters. The number of carbonyl (C=O) groups excluding carboxylic acids is 2. The quantitative estimate of drug-likeness (QED) is 0.0962. The van der Waals surface area contributed by atoms with Gasteiger partial charge in [-0.15, -0.1) is 22.7 Å². The van der Waals surface area contributed by atoms with Crippen molar-refractivity contribution >= 4 is 58.0 Å². The SMILES string of the molecule is Cc1ccccc1-c1nc(C(=O)N[C@@H](CC(=O)O)c2ccccc2C)cs1.O=C(O)C[C@H](NC(=O)c1csc(-c2ccc(Cl)cc2)n1)c1ccccc1. The van der Waals surface area contributed by atoms with E-state index in [-0.39, 0.29) is 24.4 Å². The highest BCUT2D eigenvalue weighted by Crippen LogP contribution is 2.28. The lowest BCUT2D eigenvalue weighted by Crippen LogP contribution is -2.30. The summed E-state index contributed by atoms with van der Waals surface area (Å²) in [7, 11) is 0. The molecule has 0 radical (unpaired) electrons. The maximum Gasteiger partial charge on any atom is 0.305 e. The number of benzene rings is 4. The number of nitrogens with one attached hydrogen (secondary N) is 2. The van der Waals surface area contributed by atoms with E-state index in [1.807, 2.05) is 80.6 Å². The molecule has 0 fully saturated rings. The Morgan fingerprint density at radius 1 is 0.642 bits per heavy atom. The van der Waals surface area contributed by atoms with Crippen molar-refractivity contribution in [3.8, 4) is 21.1 Å². The molecule has 2 aromatic heterocycles.